The minimum Gasteiger partial charge on any atom is -0.349 e. The molecule has 3 unspecified atom stereocenters. The fourth-order valence-corrected chi connectivity index (χ4v) is 4.20. The molecule has 23 heavy (non-hydrogen) atoms. The Morgan fingerprint density at radius 2 is 2.09 bits per heavy atom. The fraction of sp³-hybridized carbons (Fsp3) is 0.474. The standard InChI is InChI=1S/C19H23N3O/c1-13-20-8-9-22(13)12-14-2-5-16(6-3-14)19(23)21-18-11-15-4-7-17(18)10-15/h2-3,5-6,8-9,15,17-18H,4,7,10-12H2,1H3,(H,21,23). The largest absolute Gasteiger partial charge is 0.349 e. The molecule has 4 heteroatoms. The molecule has 0 spiro atoms. The molecule has 1 amide bonds. The average Bonchev–Trinajstić information content (AvgIpc) is 3.26. The third-order valence-electron chi connectivity index (χ3n) is 5.55. The van der Waals surface area contributed by atoms with Gasteiger partial charge in [-0.1, -0.05) is 18.6 Å². The molecular weight excluding hydrogens is 286 g/mol. The van der Waals surface area contributed by atoms with Crippen LogP contribution in [0, 0.1) is 18.8 Å². The number of rotatable bonds is 4. The first-order valence-corrected chi connectivity index (χ1v) is 8.56. The maximum absolute atomic E-state index is 12.4. The van der Waals surface area contributed by atoms with Crippen LogP contribution in [0.1, 0.15) is 47.4 Å². The number of benzene rings is 1. The molecule has 1 aromatic carbocycles. The van der Waals surface area contributed by atoms with Crippen LogP contribution in [-0.2, 0) is 6.54 Å². The lowest BCUT2D eigenvalue weighted by molar-refractivity contribution is 0.0923. The van der Waals surface area contributed by atoms with Crippen LogP contribution in [0.5, 0.6) is 0 Å². The van der Waals surface area contributed by atoms with E-state index in [1.165, 1.54) is 31.2 Å². The number of carbonyl (C=O) groups excluding carboxylic acids is 1. The number of carbonyl (C=O) groups is 1. The third-order valence-corrected chi connectivity index (χ3v) is 5.55. The van der Waals surface area contributed by atoms with Crippen molar-refractivity contribution in [2.75, 3.05) is 0 Å². The van der Waals surface area contributed by atoms with Gasteiger partial charge in [0.2, 0.25) is 0 Å². The number of fused-ring (bicyclic) bond motifs is 2. The van der Waals surface area contributed by atoms with Crippen molar-refractivity contribution in [3.05, 3.63) is 53.6 Å². The van der Waals surface area contributed by atoms with Gasteiger partial charge in [-0.15, -0.1) is 0 Å². The zero-order valence-electron chi connectivity index (χ0n) is 13.5. The van der Waals surface area contributed by atoms with E-state index in [1.807, 2.05) is 43.6 Å². The second-order valence-corrected chi connectivity index (χ2v) is 7.05. The van der Waals surface area contributed by atoms with E-state index in [2.05, 4.69) is 14.9 Å². The zero-order valence-corrected chi connectivity index (χ0v) is 13.5. The molecule has 2 saturated carbocycles. The summed E-state index contributed by atoms with van der Waals surface area (Å²) in [4.78, 5) is 16.7. The van der Waals surface area contributed by atoms with Crippen LogP contribution >= 0.6 is 0 Å². The highest BCUT2D eigenvalue weighted by Crippen LogP contribution is 2.44. The van der Waals surface area contributed by atoms with Crippen LogP contribution in [0.15, 0.2) is 36.7 Å². The van der Waals surface area contributed by atoms with Gasteiger partial charge in [0, 0.05) is 30.5 Å². The van der Waals surface area contributed by atoms with Gasteiger partial charge in [0.15, 0.2) is 0 Å². The molecule has 1 N–H and O–H groups in total. The van der Waals surface area contributed by atoms with E-state index in [1.54, 1.807) is 0 Å². The number of aromatic nitrogens is 2. The number of amides is 1. The van der Waals surface area contributed by atoms with Gasteiger partial charge in [-0.2, -0.15) is 0 Å². The highest BCUT2D eigenvalue weighted by atomic mass is 16.1. The molecule has 4 rings (SSSR count). The SMILES string of the molecule is Cc1nccn1Cc1ccc(C(=O)NC2CC3CCC2C3)cc1. The number of aryl methyl sites for hydroxylation is 1. The van der Waals surface area contributed by atoms with Crippen molar-refractivity contribution < 1.29 is 4.79 Å². The highest BCUT2D eigenvalue weighted by Gasteiger charge is 2.40. The highest BCUT2D eigenvalue weighted by molar-refractivity contribution is 5.94. The average molecular weight is 309 g/mol. The van der Waals surface area contributed by atoms with Gasteiger partial charge >= 0.3 is 0 Å². The molecule has 2 aliphatic rings. The summed E-state index contributed by atoms with van der Waals surface area (Å²) in [6, 6.07) is 8.34. The molecule has 120 valence electrons. The van der Waals surface area contributed by atoms with Gasteiger partial charge in [-0.25, -0.2) is 4.98 Å². The number of nitrogens with zero attached hydrogens (tertiary/aromatic N) is 2. The van der Waals surface area contributed by atoms with Gasteiger partial charge in [0.05, 0.1) is 0 Å². The van der Waals surface area contributed by atoms with Crippen molar-refractivity contribution >= 4 is 5.91 Å². The van der Waals surface area contributed by atoms with Crippen molar-refractivity contribution in [3.8, 4) is 0 Å². The van der Waals surface area contributed by atoms with E-state index in [0.29, 0.717) is 12.0 Å². The van der Waals surface area contributed by atoms with E-state index in [-0.39, 0.29) is 5.91 Å². The molecule has 2 aromatic rings. The minimum atomic E-state index is 0.0768. The molecule has 0 aliphatic heterocycles. The van der Waals surface area contributed by atoms with Crippen molar-refractivity contribution in [2.24, 2.45) is 11.8 Å². The molecular formula is C19H23N3O. The molecule has 2 fully saturated rings. The second kappa shape index (κ2) is 5.84. The fourth-order valence-electron chi connectivity index (χ4n) is 4.20. The summed E-state index contributed by atoms with van der Waals surface area (Å²) in [5.41, 5.74) is 1.95. The number of nitrogens with one attached hydrogen (secondary N) is 1. The number of hydrogen-bond acceptors (Lipinski definition) is 2. The molecule has 0 radical (unpaired) electrons. The molecule has 2 aliphatic carbocycles. The number of hydrogen-bond donors (Lipinski definition) is 1. The predicted molar refractivity (Wildman–Crippen MR) is 89.2 cm³/mol. The lowest BCUT2D eigenvalue weighted by Crippen LogP contribution is -2.38. The van der Waals surface area contributed by atoms with E-state index >= 15 is 0 Å². The van der Waals surface area contributed by atoms with E-state index < -0.39 is 0 Å². The Morgan fingerprint density at radius 1 is 1.26 bits per heavy atom. The first kappa shape index (κ1) is 14.5. The van der Waals surface area contributed by atoms with Crippen molar-refractivity contribution in [1.82, 2.24) is 14.9 Å². The molecule has 0 saturated heterocycles. The normalized spacial score (nSPS) is 25.7. The minimum absolute atomic E-state index is 0.0768. The molecule has 1 heterocycles. The monoisotopic (exact) mass is 309 g/mol. The quantitative estimate of drug-likeness (QED) is 0.943. The lowest BCUT2D eigenvalue weighted by Gasteiger charge is -2.22. The summed E-state index contributed by atoms with van der Waals surface area (Å²) < 4.78 is 2.10. The molecule has 4 nitrogen and oxygen atoms in total. The Bertz CT molecular complexity index is 704. The van der Waals surface area contributed by atoms with E-state index in [0.717, 1.165) is 23.9 Å². The van der Waals surface area contributed by atoms with Crippen LogP contribution in [0.25, 0.3) is 0 Å². The third kappa shape index (κ3) is 2.90. The van der Waals surface area contributed by atoms with Gasteiger partial charge in [-0.05, 0) is 55.7 Å². The van der Waals surface area contributed by atoms with Gasteiger partial charge in [-0.3, -0.25) is 4.79 Å². The molecule has 3 atom stereocenters. The van der Waals surface area contributed by atoms with Crippen LogP contribution < -0.4 is 5.32 Å². The van der Waals surface area contributed by atoms with Crippen LogP contribution in [-0.4, -0.2) is 21.5 Å². The maximum atomic E-state index is 12.4. The second-order valence-electron chi connectivity index (χ2n) is 7.05. The van der Waals surface area contributed by atoms with Gasteiger partial charge in [0.25, 0.3) is 5.91 Å². The van der Waals surface area contributed by atoms with Crippen LogP contribution in [0.4, 0.5) is 0 Å². The Morgan fingerprint density at radius 3 is 2.70 bits per heavy atom. The summed E-state index contributed by atoms with van der Waals surface area (Å²) in [7, 11) is 0. The summed E-state index contributed by atoms with van der Waals surface area (Å²) in [5, 5.41) is 3.25. The summed E-state index contributed by atoms with van der Waals surface area (Å²) in [5.74, 6) is 2.65. The van der Waals surface area contributed by atoms with Gasteiger partial charge in [0.1, 0.15) is 5.82 Å². The smallest absolute Gasteiger partial charge is 0.251 e. The maximum Gasteiger partial charge on any atom is 0.251 e. The first-order valence-electron chi connectivity index (χ1n) is 8.56. The van der Waals surface area contributed by atoms with Crippen molar-refractivity contribution in [1.29, 1.82) is 0 Å². The summed E-state index contributed by atoms with van der Waals surface area (Å²) >= 11 is 0. The van der Waals surface area contributed by atoms with Crippen LogP contribution in [0.2, 0.25) is 0 Å². The topological polar surface area (TPSA) is 46.9 Å². The predicted octanol–water partition coefficient (Wildman–Crippen LogP) is 3.16. The summed E-state index contributed by atoms with van der Waals surface area (Å²) in [6.45, 7) is 2.79. The van der Waals surface area contributed by atoms with Gasteiger partial charge < -0.3 is 9.88 Å². The Kier molecular flexibility index (Phi) is 3.68. The van der Waals surface area contributed by atoms with E-state index in [9.17, 15) is 4.79 Å². The van der Waals surface area contributed by atoms with Crippen LogP contribution in [0.3, 0.4) is 0 Å². The zero-order chi connectivity index (χ0) is 15.8. The Labute approximate surface area is 136 Å². The lowest BCUT2D eigenvalue weighted by atomic mass is 9.95. The first-order chi connectivity index (χ1) is 11.2. The molecule has 2 bridgehead atoms. The Balaban J connectivity index is 1.39. The van der Waals surface area contributed by atoms with Crippen molar-refractivity contribution in [3.63, 3.8) is 0 Å². The van der Waals surface area contributed by atoms with Crippen molar-refractivity contribution in [2.45, 2.75) is 45.2 Å². The Hall–Kier alpha value is -2.10. The van der Waals surface area contributed by atoms with E-state index in [4.69, 9.17) is 0 Å². The molecule has 1 aromatic heterocycles. The number of imidazole rings is 1. The summed E-state index contributed by atoms with van der Waals surface area (Å²) in [6.07, 6.45) is 8.93.